The quantitative estimate of drug-likeness (QED) is 0.737. The first kappa shape index (κ1) is 19.4. The molecule has 3 rings (SSSR count). The average Bonchev–Trinajstić information content (AvgIpc) is 2.61. The zero-order chi connectivity index (χ0) is 19.4. The van der Waals surface area contributed by atoms with Crippen LogP contribution in [0, 0.1) is 0 Å². The lowest BCUT2D eigenvalue weighted by atomic mass is 10.2. The van der Waals surface area contributed by atoms with Crippen molar-refractivity contribution >= 4 is 35.1 Å². The molecule has 1 saturated heterocycles. The molecule has 1 aromatic carbocycles. The number of benzene rings is 1. The van der Waals surface area contributed by atoms with Gasteiger partial charge >= 0.3 is 6.09 Å². The lowest BCUT2D eigenvalue weighted by Crippen LogP contribution is -2.38. The predicted octanol–water partition coefficient (Wildman–Crippen LogP) is 4.04. The molecular weight excluding hydrogens is 368 g/mol. The maximum Gasteiger partial charge on any atom is 0.420 e. The number of anilines is 3. The largest absolute Gasteiger partial charge is 0.443 e. The Labute approximate surface area is 163 Å². The molecule has 0 radical (unpaired) electrons. The van der Waals surface area contributed by atoms with Crippen molar-refractivity contribution in [1.82, 2.24) is 9.97 Å². The summed E-state index contributed by atoms with van der Waals surface area (Å²) < 4.78 is 11.0. The number of amides is 1. The molecule has 0 saturated carbocycles. The number of nitrogens with zero attached hydrogens (tertiary/aromatic N) is 4. The molecule has 1 amide bonds. The van der Waals surface area contributed by atoms with Crippen molar-refractivity contribution in [3.8, 4) is 0 Å². The van der Waals surface area contributed by atoms with Crippen LogP contribution in [0.15, 0.2) is 36.4 Å². The fourth-order valence-electron chi connectivity index (χ4n) is 2.63. The Bertz CT molecular complexity index is 789. The number of hydrogen-bond donors (Lipinski definition) is 0. The van der Waals surface area contributed by atoms with Gasteiger partial charge in [-0.15, -0.1) is 0 Å². The fraction of sp³-hybridized carbons (Fsp3) is 0.421. The molecule has 0 N–H and O–H groups in total. The van der Waals surface area contributed by atoms with Crippen LogP contribution in [0.5, 0.6) is 0 Å². The van der Waals surface area contributed by atoms with Crippen LogP contribution in [-0.4, -0.2) is 48.0 Å². The van der Waals surface area contributed by atoms with Crippen LogP contribution in [0.1, 0.15) is 20.8 Å². The topological polar surface area (TPSA) is 67.8 Å². The number of halogens is 1. The van der Waals surface area contributed by atoms with Crippen molar-refractivity contribution < 1.29 is 14.3 Å². The summed E-state index contributed by atoms with van der Waals surface area (Å²) in [5.41, 5.74) is -0.0111. The molecule has 7 nitrogen and oxygen atoms in total. The molecule has 0 spiro atoms. The number of morpholine rings is 1. The summed E-state index contributed by atoms with van der Waals surface area (Å²) in [6, 6.07) is 10.8. The average molecular weight is 391 g/mol. The maximum absolute atomic E-state index is 12.9. The van der Waals surface area contributed by atoms with Crippen LogP contribution in [0.25, 0.3) is 0 Å². The molecule has 0 atom stereocenters. The molecule has 144 valence electrons. The summed E-state index contributed by atoms with van der Waals surface area (Å²) in [7, 11) is 0. The van der Waals surface area contributed by atoms with Gasteiger partial charge in [0.05, 0.1) is 18.9 Å². The molecule has 0 aliphatic carbocycles. The number of carbonyl (C=O) groups is 1. The van der Waals surface area contributed by atoms with E-state index in [1.807, 2.05) is 56.0 Å². The van der Waals surface area contributed by atoms with Crippen LogP contribution >= 0.6 is 11.6 Å². The molecule has 1 aliphatic rings. The van der Waals surface area contributed by atoms with E-state index in [2.05, 4.69) is 9.97 Å². The van der Waals surface area contributed by atoms with Crippen molar-refractivity contribution in [2.45, 2.75) is 26.4 Å². The summed E-state index contributed by atoms with van der Waals surface area (Å²) in [4.78, 5) is 25.2. The molecule has 8 heteroatoms. The summed E-state index contributed by atoms with van der Waals surface area (Å²) >= 11 is 6.25. The first-order chi connectivity index (χ1) is 12.8. The van der Waals surface area contributed by atoms with Gasteiger partial charge in [-0.1, -0.05) is 29.8 Å². The fourth-order valence-corrected chi connectivity index (χ4v) is 2.80. The standard InChI is InChI=1S/C19H23ClN4O3/c1-19(2,3)27-18(25)24(14-7-5-4-6-8-14)16-13-15(20)21-17(22-16)23-9-11-26-12-10-23/h4-8,13H,9-12H2,1-3H3. The van der Waals surface area contributed by atoms with E-state index in [0.29, 0.717) is 43.8 Å². The Hall–Kier alpha value is -2.38. The van der Waals surface area contributed by atoms with Crippen LogP contribution < -0.4 is 9.80 Å². The first-order valence-electron chi connectivity index (χ1n) is 8.79. The Morgan fingerprint density at radius 3 is 2.48 bits per heavy atom. The predicted molar refractivity (Wildman–Crippen MR) is 105 cm³/mol. The third kappa shape index (κ3) is 5.08. The van der Waals surface area contributed by atoms with Crippen LogP contribution in [0.4, 0.5) is 22.2 Å². The van der Waals surface area contributed by atoms with Gasteiger partial charge in [0, 0.05) is 19.2 Å². The van der Waals surface area contributed by atoms with Gasteiger partial charge in [0.25, 0.3) is 0 Å². The van der Waals surface area contributed by atoms with Crippen molar-refractivity contribution in [3.63, 3.8) is 0 Å². The molecule has 27 heavy (non-hydrogen) atoms. The number of hydrogen-bond acceptors (Lipinski definition) is 6. The van der Waals surface area contributed by atoms with E-state index in [1.165, 1.54) is 4.90 Å². The highest BCUT2D eigenvalue weighted by Gasteiger charge is 2.27. The van der Waals surface area contributed by atoms with Crippen molar-refractivity contribution in [3.05, 3.63) is 41.6 Å². The lowest BCUT2D eigenvalue weighted by Gasteiger charge is -2.29. The van der Waals surface area contributed by atoms with E-state index in [0.717, 1.165) is 0 Å². The third-order valence-electron chi connectivity index (χ3n) is 3.78. The minimum atomic E-state index is -0.645. The van der Waals surface area contributed by atoms with E-state index in [4.69, 9.17) is 21.1 Å². The molecule has 0 unspecified atom stereocenters. The van der Waals surface area contributed by atoms with Crippen molar-refractivity contribution in [2.24, 2.45) is 0 Å². The van der Waals surface area contributed by atoms with Crippen LogP contribution in [-0.2, 0) is 9.47 Å². The maximum atomic E-state index is 12.9. The Balaban J connectivity index is 2.01. The number of carbonyl (C=O) groups excluding carboxylic acids is 1. The van der Waals surface area contributed by atoms with E-state index in [1.54, 1.807) is 6.07 Å². The van der Waals surface area contributed by atoms with E-state index >= 15 is 0 Å². The van der Waals surface area contributed by atoms with Gasteiger partial charge in [-0.25, -0.2) is 14.7 Å². The molecule has 1 fully saturated rings. The molecule has 0 bridgehead atoms. The van der Waals surface area contributed by atoms with Crippen molar-refractivity contribution in [1.29, 1.82) is 0 Å². The third-order valence-corrected chi connectivity index (χ3v) is 3.98. The molecule has 1 aliphatic heterocycles. The highest BCUT2D eigenvalue weighted by atomic mass is 35.5. The normalized spacial score (nSPS) is 14.7. The summed E-state index contributed by atoms with van der Waals surface area (Å²) in [6.45, 7) is 7.98. The Morgan fingerprint density at radius 2 is 1.85 bits per heavy atom. The summed E-state index contributed by atoms with van der Waals surface area (Å²) in [6.07, 6.45) is -0.531. The highest BCUT2D eigenvalue weighted by Crippen LogP contribution is 2.29. The van der Waals surface area contributed by atoms with Gasteiger partial charge in [-0.05, 0) is 32.9 Å². The zero-order valence-electron chi connectivity index (χ0n) is 15.7. The number of para-hydroxylation sites is 1. The minimum Gasteiger partial charge on any atom is -0.443 e. The molecule has 2 aromatic rings. The SMILES string of the molecule is CC(C)(C)OC(=O)N(c1ccccc1)c1cc(Cl)nc(N2CCOCC2)n1. The smallest absolute Gasteiger partial charge is 0.420 e. The summed E-state index contributed by atoms with van der Waals surface area (Å²) in [5, 5.41) is 0.256. The van der Waals surface area contributed by atoms with Gasteiger partial charge < -0.3 is 14.4 Å². The Kier molecular flexibility index (Phi) is 5.82. The van der Waals surface area contributed by atoms with Gasteiger partial charge in [0.1, 0.15) is 16.6 Å². The van der Waals surface area contributed by atoms with E-state index in [9.17, 15) is 4.79 Å². The Morgan fingerprint density at radius 1 is 1.19 bits per heavy atom. The lowest BCUT2D eigenvalue weighted by molar-refractivity contribution is 0.0598. The van der Waals surface area contributed by atoms with Crippen LogP contribution in [0.3, 0.4) is 0 Å². The monoisotopic (exact) mass is 390 g/mol. The van der Waals surface area contributed by atoms with E-state index < -0.39 is 11.7 Å². The highest BCUT2D eigenvalue weighted by molar-refractivity contribution is 6.29. The van der Waals surface area contributed by atoms with Gasteiger partial charge in [0.2, 0.25) is 5.95 Å². The van der Waals surface area contributed by atoms with E-state index in [-0.39, 0.29) is 5.15 Å². The zero-order valence-corrected chi connectivity index (χ0v) is 16.4. The number of aromatic nitrogens is 2. The molecule has 2 heterocycles. The second kappa shape index (κ2) is 8.10. The first-order valence-corrected chi connectivity index (χ1v) is 9.17. The second-order valence-corrected chi connectivity index (χ2v) is 7.49. The molecule has 1 aromatic heterocycles. The molecular formula is C19H23ClN4O3. The number of rotatable bonds is 3. The summed E-state index contributed by atoms with van der Waals surface area (Å²) in [5.74, 6) is 0.822. The second-order valence-electron chi connectivity index (χ2n) is 7.10. The van der Waals surface area contributed by atoms with Crippen LogP contribution in [0.2, 0.25) is 5.15 Å². The van der Waals surface area contributed by atoms with Crippen molar-refractivity contribution in [2.75, 3.05) is 36.1 Å². The number of ether oxygens (including phenoxy) is 2. The van der Waals surface area contributed by atoms with Gasteiger partial charge in [-0.3, -0.25) is 0 Å². The van der Waals surface area contributed by atoms with Gasteiger partial charge in [-0.2, -0.15) is 4.98 Å². The minimum absolute atomic E-state index is 0.256. The van der Waals surface area contributed by atoms with Gasteiger partial charge in [0.15, 0.2) is 0 Å².